The minimum Gasteiger partial charge on any atom is -0.853 e. The van der Waals surface area contributed by atoms with E-state index in [-0.39, 0.29) is 26.2 Å². The molecule has 180 valence electrons. The Kier molecular flexibility index (Phi) is 19.3. The molecule has 0 N–H and O–H groups in total. The first kappa shape index (κ1) is 34.1. The van der Waals surface area contributed by atoms with Crippen molar-refractivity contribution in [3.8, 4) is 0 Å². The molecule has 2 fully saturated rings. The standard InChI is InChI=1S/C19H32N3P.2C5H5.Zr/c1-14(2)21(15(3)4)23(22(16(5)6)17(7)8)19(20)18-12-10-9-11-13-18;2*1-2-4-5-3-1;/h9-12,14-17H,1-8H3;2*1-5H;/q-2;;;+4. The van der Waals surface area contributed by atoms with Crippen LogP contribution in [0.15, 0.2) is 24.3 Å². The van der Waals surface area contributed by atoms with Crippen LogP contribution in [0, 0.1) is 70.3 Å². The topological polar surface area (TPSA) is 28.8 Å². The molecule has 1 aromatic rings. The largest absolute Gasteiger partial charge is 4.00 e. The fourth-order valence-corrected chi connectivity index (χ4v) is 6.47. The van der Waals surface area contributed by atoms with Crippen LogP contribution < -0.4 is 0 Å². The van der Waals surface area contributed by atoms with E-state index in [1.807, 2.05) is 88.5 Å². The van der Waals surface area contributed by atoms with Crippen molar-refractivity contribution in [2.75, 3.05) is 0 Å². The summed E-state index contributed by atoms with van der Waals surface area (Å²) in [5.41, 5.74) is 1.25. The molecule has 2 saturated carbocycles. The van der Waals surface area contributed by atoms with Crippen molar-refractivity contribution in [2.24, 2.45) is 0 Å². The first-order valence-electron chi connectivity index (χ1n) is 11.9. The maximum Gasteiger partial charge on any atom is 4.00 e. The molecule has 0 spiro atoms. The van der Waals surface area contributed by atoms with Gasteiger partial charge in [0.25, 0.3) is 0 Å². The normalized spacial score (nSPS) is 15.6. The molecule has 0 heterocycles. The van der Waals surface area contributed by atoms with Crippen molar-refractivity contribution in [3.05, 3.63) is 106 Å². The molecule has 0 bridgehead atoms. The van der Waals surface area contributed by atoms with Crippen LogP contribution in [-0.4, -0.2) is 39.0 Å². The Morgan fingerprint density at radius 1 is 0.647 bits per heavy atom. The molecule has 2 aliphatic rings. The second-order valence-corrected chi connectivity index (χ2v) is 10.9. The zero-order valence-electron chi connectivity index (χ0n) is 22.2. The van der Waals surface area contributed by atoms with E-state index in [0.717, 1.165) is 5.56 Å². The third kappa shape index (κ3) is 12.4. The van der Waals surface area contributed by atoms with Crippen LogP contribution in [0.5, 0.6) is 0 Å². The van der Waals surface area contributed by atoms with Crippen LogP contribution in [0.1, 0.15) is 61.0 Å². The quantitative estimate of drug-likeness (QED) is 0.190. The number of benzene rings is 1. The summed E-state index contributed by atoms with van der Waals surface area (Å²) in [6.07, 6.45) is 20.0. The van der Waals surface area contributed by atoms with Gasteiger partial charge in [-0.2, -0.15) is 5.56 Å². The van der Waals surface area contributed by atoms with Gasteiger partial charge in [-0.05, 0) is 120 Å². The number of hydrogen-bond donors (Lipinski definition) is 0. The van der Waals surface area contributed by atoms with Crippen LogP contribution in [0.3, 0.4) is 0 Å². The average molecular weight is 555 g/mol. The first-order valence-corrected chi connectivity index (χ1v) is 13.2. The van der Waals surface area contributed by atoms with Crippen molar-refractivity contribution >= 4 is 13.7 Å². The second kappa shape index (κ2) is 19.3. The minimum absolute atomic E-state index is 0. The molecule has 1 aromatic carbocycles. The van der Waals surface area contributed by atoms with E-state index >= 15 is 0 Å². The third-order valence-corrected chi connectivity index (χ3v) is 8.15. The van der Waals surface area contributed by atoms with E-state index in [0.29, 0.717) is 29.6 Å². The van der Waals surface area contributed by atoms with Crippen molar-refractivity contribution in [3.63, 3.8) is 0 Å². The van der Waals surface area contributed by atoms with E-state index < -0.39 is 8.22 Å². The van der Waals surface area contributed by atoms with Crippen LogP contribution in [0.25, 0.3) is 5.41 Å². The van der Waals surface area contributed by atoms with Gasteiger partial charge in [-0.1, -0.05) is 0 Å². The van der Waals surface area contributed by atoms with E-state index in [1.165, 1.54) is 0 Å². The van der Waals surface area contributed by atoms with E-state index in [2.05, 4.69) is 70.8 Å². The molecule has 0 aromatic heterocycles. The van der Waals surface area contributed by atoms with Gasteiger partial charge in [-0.25, -0.2) is 5.45 Å². The van der Waals surface area contributed by atoms with Gasteiger partial charge in [0.2, 0.25) is 0 Å². The van der Waals surface area contributed by atoms with E-state index in [1.54, 1.807) is 0 Å². The van der Waals surface area contributed by atoms with Crippen LogP contribution >= 0.6 is 8.22 Å². The monoisotopic (exact) mass is 553 g/mol. The third-order valence-electron chi connectivity index (χ3n) is 4.80. The van der Waals surface area contributed by atoms with Gasteiger partial charge in [0.15, 0.2) is 0 Å². The molecule has 3 rings (SSSR count). The van der Waals surface area contributed by atoms with Gasteiger partial charge in [-0.3, -0.25) is 9.34 Å². The number of hydrogen-bond acceptors (Lipinski definition) is 2. The molecule has 0 atom stereocenters. The van der Waals surface area contributed by atoms with Gasteiger partial charge in [0.05, 0.1) is 0 Å². The molecule has 10 radical (unpaired) electrons. The minimum atomic E-state index is -0.975. The van der Waals surface area contributed by atoms with Crippen molar-refractivity contribution in [1.29, 1.82) is 0 Å². The molecule has 3 nitrogen and oxygen atoms in total. The molecule has 0 saturated heterocycles. The summed E-state index contributed by atoms with van der Waals surface area (Å²) >= 11 is 0. The van der Waals surface area contributed by atoms with Gasteiger partial charge in [0, 0.05) is 32.4 Å². The summed E-state index contributed by atoms with van der Waals surface area (Å²) in [6, 6.07) is 12.3. The summed E-state index contributed by atoms with van der Waals surface area (Å²) in [4.78, 5) is 0. The Bertz CT molecular complexity index is 564. The predicted molar refractivity (Wildman–Crippen MR) is 147 cm³/mol. The molecule has 0 amide bonds. The Morgan fingerprint density at radius 2 is 0.971 bits per heavy atom. The van der Waals surface area contributed by atoms with E-state index in [4.69, 9.17) is 0 Å². The molecular formula is C29H42N3PZr+2. The zero-order valence-corrected chi connectivity index (χ0v) is 25.5. The zero-order chi connectivity index (χ0) is 24.8. The molecule has 2 aliphatic carbocycles. The van der Waals surface area contributed by atoms with Gasteiger partial charge in [-0.15, -0.1) is 30.3 Å². The van der Waals surface area contributed by atoms with Crippen molar-refractivity contribution < 1.29 is 26.2 Å². The second-order valence-electron chi connectivity index (χ2n) is 8.95. The Balaban J connectivity index is 0.000000804. The Hall–Kier alpha value is 0.123. The van der Waals surface area contributed by atoms with Crippen molar-refractivity contribution in [1.82, 2.24) is 9.34 Å². The summed E-state index contributed by atoms with van der Waals surface area (Å²) in [7, 11) is -0.975. The molecular weight excluding hydrogens is 513 g/mol. The van der Waals surface area contributed by atoms with Gasteiger partial charge < -0.3 is 5.41 Å². The van der Waals surface area contributed by atoms with Crippen LogP contribution in [-0.2, 0) is 26.2 Å². The Morgan fingerprint density at radius 3 is 1.21 bits per heavy atom. The maximum atomic E-state index is 11.1. The van der Waals surface area contributed by atoms with Gasteiger partial charge in [0.1, 0.15) is 0 Å². The predicted octanol–water partition coefficient (Wildman–Crippen LogP) is 7.39. The summed E-state index contributed by atoms with van der Waals surface area (Å²) in [5, 5.41) is 11.1. The molecule has 0 unspecified atom stereocenters. The average Bonchev–Trinajstić information content (AvgIpc) is 3.51. The van der Waals surface area contributed by atoms with Crippen molar-refractivity contribution in [2.45, 2.75) is 79.6 Å². The number of rotatable bonds is 8. The molecule has 34 heavy (non-hydrogen) atoms. The Labute approximate surface area is 233 Å². The van der Waals surface area contributed by atoms with Crippen LogP contribution in [0.4, 0.5) is 0 Å². The molecule has 0 aliphatic heterocycles. The van der Waals surface area contributed by atoms with Gasteiger partial charge >= 0.3 is 26.2 Å². The fourth-order valence-electron chi connectivity index (χ4n) is 3.69. The smallest absolute Gasteiger partial charge is 0.853 e. The number of nitrogens with zero attached hydrogens (tertiary/aromatic N) is 3. The SMILES string of the molecule is CC(C)N(C(C)C)P(C(=[N-])c1[c-]cccc1)N(C(C)C)C(C)C.[CH]1[CH][CH][CH][CH]1.[CH]1[CH][CH][CH][CH]1.[Zr+4]. The van der Waals surface area contributed by atoms with Crippen LogP contribution in [0.2, 0.25) is 0 Å². The van der Waals surface area contributed by atoms with E-state index in [9.17, 15) is 5.41 Å². The summed E-state index contributed by atoms with van der Waals surface area (Å²) in [6.45, 7) is 17.6. The first-order chi connectivity index (χ1) is 15.7. The molecule has 5 heteroatoms. The maximum absolute atomic E-state index is 11.1. The fraction of sp³-hybridized carbons (Fsp3) is 0.414. The summed E-state index contributed by atoms with van der Waals surface area (Å²) < 4.78 is 4.87. The summed E-state index contributed by atoms with van der Waals surface area (Å²) in [5.74, 6) is 0.